The van der Waals surface area contributed by atoms with E-state index < -0.39 is 29.8 Å². The molecular weight excluding hydrogens is 343 g/mol. The summed E-state index contributed by atoms with van der Waals surface area (Å²) in [5.41, 5.74) is 0.179. The molecule has 0 spiro atoms. The Hall–Kier alpha value is -2.16. The highest BCUT2D eigenvalue weighted by Crippen LogP contribution is 2.31. The molecular formula is C15H14F3N3O2S. The van der Waals surface area contributed by atoms with Gasteiger partial charge in [-0.15, -0.1) is 0 Å². The third-order valence-corrected chi connectivity index (χ3v) is 4.34. The first-order valence-electron chi connectivity index (χ1n) is 7.35. The van der Waals surface area contributed by atoms with Gasteiger partial charge in [0.25, 0.3) is 0 Å². The summed E-state index contributed by atoms with van der Waals surface area (Å²) in [7, 11) is 0. The van der Waals surface area contributed by atoms with E-state index in [0.29, 0.717) is 5.13 Å². The van der Waals surface area contributed by atoms with E-state index in [1.54, 1.807) is 6.92 Å². The molecule has 9 heteroatoms. The SMILES string of the molecule is CCOC(=O)[C@@H]1C[C@H](F)CN1c1nc(-c2cc(F)cc(F)c2)ns1. The minimum Gasteiger partial charge on any atom is -0.464 e. The van der Waals surface area contributed by atoms with Gasteiger partial charge in [0, 0.05) is 29.6 Å². The number of anilines is 1. The molecule has 1 aliphatic rings. The zero-order chi connectivity index (χ0) is 17.3. The van der Waals surface area contributed by atoms with E-state index in [2.05, 4.69) is 9.36 Å². The van der Waals surface area contributed by atoms with Crippen molar-refractivity contribution in [3.05, 3.63) is 29.8 Å². The predicted molar refractivity (Wildman–Crippen MR) is 82.5 cm³/mol. The molecule has 1 aliphatic heterocycles. The van der Waals surface area contributed by atoms with Gasteiger partial charge in [-0.3, -0.25) is 0 Å². The van der Waals surface area contributed by atoms with Crippen LogP contribution in [0.3, 0.4) is 0 Å². The van der Waals surface area contributed by atoms with Crippen LogP contribution >= 0.6 is 11.5 Å². The van der Waals surface area contributed by atoms with Crippen molar-refractivity contribution in [1.82, 2.24) is 9.36 Å². The molecule has 2 aromatic rings. The Morgan fingerprint density at radius 2 is 2.08 bits per heavy atom. The number of benzene rings is 1. The van der Waals surface area contributed by atoms with Crippen molar-refractivity contribution in [3.63, 3.8) is 0 Å². The number of carbonyl (C=O) groups excluding carboxylic acids is 1. The second kappa shape index (κ2) is 6.76. The minimum absolute atomic E-state index is 0.00434. The molecule has 1 saturated heterocycles. The summed E-state index contributed by atoms with van der Waals surface area (Å²) in [6.45, 7) is 1.87. The molecule has 0 unspecified atom stereocenters. The molecule has 0 bridgehead atoms. The van der Waals surface area contributed by atoms with Gasteiger partial charge in [-0.25, -0.2) is 18.0 Å². The van der Waals surface area contributed by atoms with Crippen molar-refractivity contribution in [1.29, 1.82) is 0 Å². The fourth-order valence-corrected chi connectivity index (χ4v) is 3.34. The Labute approximate surface area is 140 Å². The van der Waals surface area contributed by atoms with Crippen LogP contribution in [0.4, 0.5) is 18.3 Å². The molecule has 0 saturated carbocycles. The van der Waals surface area contributed by atoms with Gasteiger partial charge in [0.2, 0.25) is 5.13 Å². The van der Waals surface area contributed by atoms with Gasteiger partial charge < -0.3 is 9.64 Å². The van der Waals surface area contributed by atoms with Crippen molar-refractivity contribution < 1.29 is 22.7 Å². The Balaban J connectivity index is 1.87. The number of hydrogen-bond acceptors (Lipinski definition) is 6. The molecule has 0 amide bonds. The highest BCUT2D eigenvalue weighted by Gasteiger charge is 2.39. The smallest absolute Gasteiger partial charge is 0.328 e. The Bertz CT molecular complexity index is 735. The van der Waals surface area contributed by atoms with Crippen LogP contribution in [0.2, 0.25) is 0 Å². The molecule has 1 aromatic carbocycles. The summed E-state index contributed by atoms with van der Waals surface area (Å²) in [5, 5.41) is 0.313. The number of alkyl halides is 1. The third kappa shape index (κ3) is 3.35. The normalized spacial score (nSPS) is 20.4. The average molecular weight is 357 g/mol. The lowest BCUT2D eigenvalue weighted by atomic mass is 10.2. The topological polar surface area (TPSA) is 55.3 Å². The monoisotopic (exact) mass is 357 g/mol. The van der Waals surface area contributed by atoms with E-state index in [0.717, 1.165) is 29.7 Å². The lowest BCUT2D eigenvalue weighted by Crippen LogP contribution is -2.37. The average Bonchev–Trinajstić information content (AvgIpc) is 3.12. The maximum Gasteiger partial charge on any atom is 0.328 e. The molecule has 5 nitrogen and oxygen atoms in total. The van der Waals surface area contributed by atoms with Gasteiger partial charge in [0.15, 0.2) is 5.82 Å². The van der Waals surface area contributed by atoms with Crippen molar-refractivity contribution >= 4 is 22.6 Å². The summed E-state index contributed by atoms with van der Waals surface area (Å²) in [5.74, 6) is -1.88. The number of nitrogens with zero attached hydrogens (tertiary/aromatic N) is 3. The van der Waals surface area contributed by atoms with Crippen LogP contribution in [0.1, 0.15) is 13.3 Å². The number of halogens is 3. The fourth-order valence-electron chi connectivity index (χ4n) is 2.59. The molecule has 0 aliphatic carbocycles. The van der Waals surface area contributed by atoms with Crippen molar-refractivity contribution in [2.45, 2.75) is 25.6 Å². The highest BCUT2D eigenvalue weighted by atomic mass is 32.1. The lowest BCUT2D eigenvalue weighted by Gasteiger charge is -2.21. The number of esters is 1. The van der Waals surface area contributed by atoms with Gasteiger partial charge >= 0.3 is 5.97 Å². The minimum atomic E-state index is -1.18. The number of hydrogen-bond donors (Lipinski definition) is 0. The van der Waals surface area contributed by atoms with Crippen LogP contribution in [-0.2, 0) is 9.53 Å². The quantitative estimate of drug-likeness (QED) is 0.788. The molecule has 3 rings (SSSR count). The second-order valence-electron chi connectivity index (χ2n) is 5.31. The number of rotatable bonds is 4. The second-order valence-corrected chi connectivity index (χ2v) is 6.04. The highest BCUT2D eigenvalue weighted by molar-refractivity contribution is 7.09. The fraction of sp³-hybridized carbons (Fsp3) is 0.400. The zero-order valence-electron chi connectivity index (χ0n) is 12.7. The summed E-state index contributed by atoms with van der Waals surface area (Å²) in [6, 6.07) is 2.20. The molecule has 0 N–H and O–H groups in total. The standard InChI is InChI=1S/C15H14F3N3O2S/c1-2-23-14(22)12-6-11(18)7-21(12)15-19-13(20-24-15)8-3-9(16)5-10(17)4-8/h3-5,11-12H,2,6-7H2,1H3/t11-,12-/m0/s1. The van der Waals surface area contributed by atoms with Crippen LogP contribution in [0.15, 0.2) is 18.2 Å². The summed E-state index contributed by atoms with van der Waals surface area (Å²) < 4.78 is 49.4. The first-order valence-corrected chi connectivity index (χ1v) is 8.12. The van der Waals surface area contributed by atoms with E-state index in [9.17, 15) is 18.0 Å². The van der Waals surface area contributed by atoms with Gasteiger partial charge in [-0.05, 0) is 19.1 Å². The molecule has 1 aromatic heterocycles. The number of carbonyl (C=O) groups is 1. The largest absolute Gasteiger partial charge is 0.464 e. The van der Waals surface area contributed by atoms with Gasteiger partial charge in [0.1, 0.15) is 23.8 Å². The van der Waals surface area contributed by atoms with Crippen molar-refractivity contribution in [3.8, 4) is 11.4 Å². The molecule has 1 fully saturated rings. The first-order chi connectivity index (χ1) is 11.5. The maximum absolute atomic E-state index is 13.8. The Morgan fingerprint density at radius 1 is 1.38 bits per heavy atom. The van der Waals surface area contributed by atoms with Crippen LogP contribution in [0, 0.1) is 11.6 Å². The Morgan fingerprint density at radius 3 is 2.75 bits per heavy atom. The van der Waals surface area contributed by atoms with E-state index in [4.69, 9.17) is 4.74 Å². The van der Waals surface area contributed by atoms with E-state index in [1.165, 1.54) is 4.90 Å². The van der Waals surface area contributed by atoms with Gasteiger partial charge in [0.05, 0.1) is 13.2 Å². The molecule has 2 atom stereocenters. The van der Waals surface area contributed by atoms with E-state index >= 15 is 0 Å². The van der Waals surface area contributed by atoms with Crippen LogP contribution < -0.4 is 4.90 Å². The molecule has 0 radical (unpaired) electrons. The van der Waals surface area contributed by atoms with Crippen LogP contribution in [-0.4, -0.2) is 40.7 Å². The van der Waals surface area contributed by atoms with Crippen molar-refractivity contribution in [2.24, 2.45) is 0 Å². The molecule has 128 valence electrons. The zero-order valence-corrected chi connectivity index (χ0v) is 13.5. The summed E-state index contributed by atoms with van der Waals surface area (Å²) in [4.78, 5) is 17.7. The first kappa shape index (κ1) is 16.7. The number of aromatic nitrogens is 2. The van der Waals surface area contributed by atoms with Gasteiger partial charge in [-0.2, -0.15) is 9.36 Å². The predicted octanol–water partition coefficient (Wildman–Crippen LogP) is 2.96. The summed E-state index contributed by atoms with van der Waals surface area (Å²) >= 11 is 0.940. The molecule has 24 heavy (non-hydrogen) atoms. The lowest BCUT2D eigenvalue weighted by molar-refractivity contribution is -0.144. The van der Waals surface area contributed by atoms with E-state index in [-0.39, 0.29) is 31.0 Å². The van der Waals surface area contributed by atoms with Gasteiger partial charge in [-0.1, -0.05) is 0 Å². The molecule has 2 heterocycles. The summed E-state index contributed by atoms with van der Waals surface area (Å²) in [6.07, 6.45) is -1.17. The van der Waals surface area contributed by atoms with Crippen LogP contribution in [0.5, 0.6) is 0 Å². The Kier molecular flexibility index (Phi) is 4.70. The third-order valence-electron chi connectivity index (χ3n) is 3.59. The van der Waals surface area contributed by atoms with Crippen molar-refractivity contribution in [2.75, 3.05) is 18.1 Å². The maximum atomic E-state index is 13.8. The van der Waals surface area contributed by atoms with Crippen LogP contribution in [0.25, 0.3) is 11.4 Å². The van der Waals surface area contributed by atoms with E-state index in [1.807, 2.05) is 0 Å². The number of ether oxygens (including phenoxy) is 1.